The minimum Gasteiger partial charge on any atom is -0.374 e. The van der Waals surface area contributed by atoms with Gasteiger partial charge in [-0.3, -0.25) is 0 Å². The Morgan fingerprint density at radius 1 is 1.47 bits per heavy atom. The third-order valence-corrected chi connectivity index (χ3v) is 2.95. The van der Waals surface area contributed by atoms with Gasteiger partial charge in [0.25, 0.3) is 0 Å². The zero-order valence-corrected chi connectivity index (χ0v) is 10.0. The third-order valence-electron chi connectivity index (χ3n) is 2.95. The van der Waals surface area contributed by atoms with Crippen LogP contribution >= 0.6 is 0 Å². The van der Waals surface area contributed by atoms with Gasteiger partial charge in [0.2, 0.25) is 0 Å². The molecular formula is C14H24O. The highest BCUT2D eigenvalue weighted by molar-refractivity contribution is 5.20. The van der Waals surface area contributed by atoms with Crippen LogP contribution in [0.2, 0.25) is 0 Å². The Labute approximate surface area is 94.2 Å². The molecule has 15 heavy (non-hydrogen) atoms. The fraction of sp³-hybridized carbons (Fsp3) is 0.714. The zero-order valence-electron chi connectivity index (χ0n) is 10.0. The van der Waals surface area contributed by atoms with E-state index in [9.17, 15) is 0 Å². The molecule has 0 fully saturated rings. The molecule has 0 N–H and O–H groups in total. The molecule has 1 rings (SSSR count). The van der Waals surface area contributed by atoms with Crippen molar-refractivity contribution in [1.82, 2.24) is 0 Å². The fourth-order valence-electron chi connectivity index (χ4n) is 1.98. The molecular weight excluding hydrogens is 184 g/mol. The van der Waals surface area contributed by atoms with E-state index in [2.05, 4.69) is 19.6 Å². The molecule has 0 bridgehead atoms. The van der Waals surface area contributed by atoms with Crippen molar-refractivity contribution < 1.29 is 4.74 Å². The maximum absolute atomic E-state index is 5.84. The summed E-state index contributed by atoms with van der Waals surface area (Å²) in [6.45, 7) is 6.98. The first kappa shape index (κ1) is 12.5. The van der Waals surface area contributed by atoms with E-state index in [4.69, 9.17) is 4.74 Å². The predicted octanol–water partition coefficient (Wildman–Crippen LogP) is 4.25. The van der Waals surface area contributed by atoms with Crippen LogP contribution in [0.3, 0.4) is 0 Å². The molecule has 1 atom stereocenters. The number of hydrogen-bond donors (Lipinski definition) is 0. The highest BCUT2D eigenvalue weighted by Gasteiger charge is 2.11. The molecule has 86 valence electrons. The van der Waals surface area contributed by atoms with Crippen LogP contribution in [0.1, 0.15) is 51.9 Å². The van der Waals surface area contributed by atoms with E-state index in [-0.39, 0.29) is 0 Å². The Morgan fingerprint density at radius 2 is 2.33 bits per heavy atom. The van der Waals surface area contributed by atoms with E-state index in [1.54, 1.807) is 0 Å². The molecule has 0 heterocycles. The average molecular weight is 208 g/mol. The maximum atomic E-state index is 5.84. The number of rotatable bonds is 7. The van der Waals surface area contributed by atoms with E-state index in [0.29, 0.717) is 6.10 Å². The lowest BCUT2D eigenvalue weighted by Crippen LogP contribution is -2.14. The van der Waals surface area contributed by atoms with Gasteiger partial charge >= 0.3 is 0 Å². The van der Waals surface area contributed by atoms with Crippen molar-refractivity contribution in [1.29, 1.82) is 0 Å². The van der Waals surface area contributed by atoms with Crippen molar-refractivity contribution in [3.05, 3.63) is 24.3 Å². The lowest BCUT2D eigenvalue weighted by molar-refractivity contribution is 0.0716. The van der Waals surface area contributed by atoms with Gasteiger partial charge in [0.15, 0.2) is 0 Å². The number of hydrogen-bond acceptors (Lipinski definition) is 1. The van der Waals surface area contributed by atoms with Gasteiger partial charge < -0.3 is 4.74 Å². The number of unbranched alkanes of at least 4 members (excludes halogenated alkanes) is 3. The molecule has 0 amide bonds. The highest BCUT2D eigenvalue weighted by atomic mass is 16.5. The van der Waals surface area contributed by atoms with Gasteiger partial charge in [0.1, 0.15) is 0 Å². The van der Waals surface area contributed by atoms with Crippen LogP contribution < -0.4 is 0 Å². The summed E-state index contributed by atoms with van der Waals surface area (Å²) in [5, 5.41) is 0. The Kier molecular flexibility index (Phi) is 6.42. The van der Waals surface area contributed by atoms with E-state index in [1.165, 1.54) is 50.5 Å². The first-order chi connectivity index (χ1) is 7.36. The molecule has 1 aliphatic rings. The van der Waals surface area contributed by atoms with Gasteiger partial charge in [-0.15, -0.1) is 0 Å². The van der Waals surface area contributed by atoms with Crippen molar-refractivity contribution in [2.24, 2.45) is 0 Å². The minimum absolute atomic E-state index is 0.355. The third kappa shape index (κ3) is 5.17. The summed E-state index contributed by atoms with van der Waals surface area (Å²) < 4.78 is 5.84. The van der Waals surface area contributed by atoms with Crippen molar-refractivity contribution in [3.63, 3.8) is 0 Å². The van der Waals surface area contributed by atoms with Gasteiger partial charge in [-0.2, -0.15) is 0 Å². The second kappa shape index (κ2) is 7.70. The van der Waals surface area contributed by atoms with Crippen molar-refractivity contribution >= 4 is 0 Å². The largest absolute Gasteiger partial charge is 0.374 e. The lowest BCUT2D eigenvalue weighted by atomic mass is 9.97. The molecule has 0 aromatic rings. The summed E-state index contributed by atoms with van der Waals surface area (Å²) in [7, 11) is 0. The summed E-state index contributed by atoms with van der Waals surface area (Å²) in [5.74, 6) is 0. The monoisotopic (exact) mass is 208 g/mol. The molecule has 0 aliphatic heterocycles. The Balaban J connectivity index is 2.12. The van der Waals surface area contributed by atoms with Gasteiger partial charge in [-0.05, 0) is 25.7 Å². The quantitative estimate of drug-likeness (QED) is 0.568. The van der Waals surface area contributed by atoms with Crippen molar-refractivity contribution in [2.45, 2.75) is 58.0 Å². The maximum Gasteiger partial charge on any atom is 0.0761 e. The predicted molar refractivity (Wildman–Crippen MR) is 66.0 cm³/mol. The molecule has 0 saturated heterocycles. The summed E-state index contributed by atoms with van der Waals surface area (Å²) >= 11 is 0. The molecule has 1 aliphatic carbocycles. The van der Waals surface area contributed by atoms with Crippen molar-refractivity contribution in [2.75, 3.05) is 6.61 Å². The van der Waals surface area contributed by atoms with Gasteiger partial charge in [-0.1, -0.05) is 50.5 Å². The van der Waals surface area contributed by atoms with Crippen LogP contribution in [0, 0.1) is 0 Å². The first-order valence-corrected chi connectivity index (χ1v) is 6.31. The molecule has 1 nitrogen and oxygen atoms in total. The molecule has 0 radical (unpaired) electrons. The minimum atomic E-state index is 0.355. The second-order valence-electron chi connectivity index (χ2n) is 4.31. The van der Waals surface area contributed by atoms with Crippen LogP contribution in [0.25, 0.3) is 0 Å². The SMILES string of the molecule is C=CC1=CC(OCCCCCC)CCC1. The zero-order chi connectivity index (χ0) is 10.9. The first-order valence-electron chi connectivity index (χ1n) is 6.31. The van der Waals surface area contributed by atoms with Crippen LogP contribution in [-0.4, -0.2) is 12.7 Å². The number of ether oxygens (including phenoxy) is 1. The average Bonchev–Trinajstić information content (AvgIpc) is 2.29. The topological polar surface area (TPSA) is 9.23 Å². The van der Waals surface area contributed by atoms with E-state index < -0.39 is 0 Å². The Bertz CT molecular complexity index is 205. The van der Waals surface area contributed by atoms with Gasteiger partial charge in [0.05, 0.1) is 6.10 Å². The molecule has 0 spiro atoms. The Morgan fingerprint density at radius 3 is 3.07 bits per heavy atom. The van der Waals surface area contributed by atoms with E-state index >= 15 is 0 Å². The van der Waals surface area contributed by atoms with E-state index in [1.807, 2.05) is 6.08 Å². The number of allylic oxidation sites excluding steroid dienone is 2. The van der Waals surface area contributed by atoms with Crippen LogP contribution in [-0.2, 0) is 4.74 Å². The van der Waals surface area contributed by atoms with E-state index in [0.717, 1.165) is 6.61 Å². The summed E-state index contributed by atoms with van der Waals surface area (Å²) in [6.07, 6.45) is 13.3. The highest BCUT2D eigenvalue weighted by Crippen LogP contribution is 2.20. The van der Waals surface area contributed by atoms with Gasteiger partial charge in [-0.25, -0.2) is 0 Å². The molecule has 1 heteroatoms. The fourth-order valence-corrected chi connectivity index (χ4v) is 1.98. The lowest BCUT2D eigenvalue weighted by Gasteiger charge is -2.20. The standard InChI is InChI=1S/C14H24O/c1-3-5-6-7-11-15-14-10-8-9-13(4-2)12-14/h4,12,14H,2-3,5-11H2,1H3. The molecule has 0 aromatic carbocycles. The molecule has 1 unspecified atom stereocenters. The second-order valence-corrected chi connectivity index (χ2v) is 4.31. The molecule has 0 aromatic heterocycles. The molecule has 0 saturated carbocycles. The summed E-state index contributed by atoms with van der Waals surface area (Å²) in [6, 6.07) is 0. The van der Waals surface area contributed by atoms with Crippen LogP contribution in [0.4, 0.5) is 0 Å². The Hall–Kier alpha value is -0.560. The van der Waals surface area contributed by atoms with Crippen LogP contribution in [0.15, 0.2) is 24.3 Å². The summed E-state index contributed by atoms with van der Waals surface area (Å²) in [5.41, 5.74) is 1.36. The summed E-state index contributed by atoms with van der Waals surface area (Å²) in [4.78, 5) is 0. The van der Waals surface area contributed by atoms with Gasteiger partial charge in [0, 0.05) is 6.61 Å². The smallest absolute Gasteiger partial charge is 0.0761 e. The van der Waals surface area contributed by atoms with Crippen molar-refractivity contribution in [3.8, 4) is 0 Å². The normalized spacial score (nSPS) is 21.1. The van der Waals surface area contributed by atoms with Crippen LogP contribution in [0.5, 0.6) is 0 Å².